The van der Waals surface area contributed by atoms with Gasteiger partial charge in [-0.05, 0) is 37.0 Å². The van der Waals surface area contributed by atoms with Gasteiger partial charge in [0.2, 0.25) is 5.91 Å². The first kappa shape index (κ1) is 18.3. The Morgan fingerprint density at radius 1 is 1.21 bits per heavy atom. The third kappa shape index (κ3) is 3.81. The largest absolute Gasteiger partial charge is 0.341 e. The quantitative estimate of drug-likeness (QED) is 0.672. The highest BCUT2D eigenvalue weighted by molar-refractivity contribution is 5.83. The molecular weight excluding hydrogens is 352 g/mol. The minimum Gasteiger partial charge on any atom is -0.341 e. The molecular formula is C22H24N4O2. The fourth-order valence-electron chi connectivity index (χ4n) is 3.84. The lowest BCUT2D eigenvalue weighted by molar-refractivity contribution is -0.134. The summed E-state index contributed by atoms with van der Waals surface area (Å²) < 4.78 is 5.41. The molecule has 2 aromatic heterocycles. The van der Waals surface area contributed by atoms with Gasteiger partial charge in [-0.15, -0.1) is 0 Å². The summed E-state index contributed by atoms with van der Waals surface area (Å²) in [4.78, 5) is 24.0. The molecule has 1 aliphatic heterocycles. The van der Waals surface area contributed by atoms with E-state index in [1.807, 2.05) is 53.4 Å². The molecule has 0 radical (unpaired) electrons. The average Bonchev–Trinajstić information content (AvgIpc) is 3.26. The van der Waals surface area contributed by atoms with Crippen LogP contribution in [0.4, 0.5) is 0 Å². The van der Waals surface area contributed by atoms with E-state index in [1.54, 1.807) is 6.20 Å². The Morgan fingerprint density at radius 3 is 2.79 bits per heavy atom. The van der Waals surface area contributed by atoms with Gasteiger partial charge in [0, 0.05) is 25.2 Å². The van der Waals surface area contributed by atoms with Crippen molar-refractivity contribution >= 4 is 5.91 Å². The lowest BCUT2D eigenvalue weighted by Gasteiger charge is -2.33. The van der Waals surface area contributed by atoms with Crippen molar-refractivity contribution in [1.82, 2.24) is 20.0 Å². The van der Waals surface area contributed by atoms with Gasteiger partial charge in [-0.3, -0.25) is 9.78 Å². The number of piperidine rings is 1. The van der Waals surface area contributed by atoms with Crippen LogP contribution in [0.5, 0.6) is 0 Å². The molecule has 6 heteroatoms. The third-order valence-corrected chi connectivity index (χ3v) is 5.33. The fourth-order valence-corrected chi connectivity index (χ4v) is 3.84. The van der Waals surface area contributed by atoms with Crippen molar-refractivity contribution in [2.24, 2.45) is 0 Å². The highest BCUT2D eigenvalue weighted by Crippen LogP contribution is 2.30. The molecule has 4 rings (SSSR count). The van der Waals surface area contributed by atoms with Gasteiger partial charge in [0.1, 0.15) is 5.69 Å². The number of carbonyl (C=O) groups is 1. The molecule has 1 aromatic carbocycles. The van der Waals surface area contributed by atoms with Gasteiger partial charge in [-0.1, -0.05) is 48.5 Å². The second kappa shape index (κ2) is 8.33. The predicted octanol–water partition coefficient (Wildman–Crippen LogP) is 4.03. The maximum atomic E-state index is 13.2. The molecule has 28 heavy (non-hydrogen) atoms. The number of hydrogen-bond donors (Lipinski definition) is 0. The zero-order valence-electron chi connectivity index (χ0n) is 16.0. The van der Waals surface area contributed by atoms with Gasteiger partial charge in [-0.25, -0.2) is 0 Å². The summed E-state index contributed by atoms with van der Waals surface area (Å²) in [7, 11) is 0. The minimum absolute atomic E-state index is 0.0900. The van der Waals surface area contributed by atoms with Gasteiger partial charge in [0.15, 0.2) is 5.82 Å². The highest BCUT2D eigenvalue weighted by Gasteiger charge is 2.31. The zero-order chi connectivity index (χ0) is 19.3. The number of hydrogen-bond acceptors (Lipinski definition) is 5. The third-order valence-electron chi connectivity index (χ3n) is 5.33. The summed E-state index contributed by atoms with van der Waals surface area (Å²) in [5.41, 5.74) is 1.74. The zero-order valence-corrected chi connectivity index (χ0v) is 16.0. The summed E-state index contributed by atoms with van der Waals surface area (Å²) in [6.45, 7) is 3.47. The van der Waals surface area contributed by atoms with Crippen molar-refractivity contribution < 1.29 is 9.32 Å². The minimum atomic E-state index is -0.103. The number of benzene rings is 1. The number of aromatic nitrogens is 3. The summed E-state index contributed by atoms with van der Waals surface area (Å²) in [5.74, 6) is 1.26. The van der Waals surface area contributed by atoms with E-state index in [9.17, 15) is 4.79 Å². The monoisotopic (exact) mass is 376 g/mol. The Bertz CT molecular complexity index is 911. The van der Waals surface area contributed by atoms with Crippen LogP contribution < -0.4 is 0 Å². The topological polar surface area (TPSA) is 72.1 Å². The molecule has 0 N–H and O–H groups in total. The van der Waals surface area contributed by atoms with E-state index < -0.39 is 0 Å². The number of carbonyl (C=O) groups excluding carboxylic acids is 1. The standard InChI is InChI=1S/C22H24N4O2/c1-2-18(16-9-4-3-5-10-16)22(27)26-14-8-11-17(15-26)20-24-21(28-25-20)19-12-6-7-13-23-19/h3-7,9-10,12-13,17-18H,2,8,11,14-15H2,1H3/t17-,18+/m1/s1. The predicted molar refractivity (Wildman–Crippen MR) is 106 cm³/mol. The Balaban J connectivity index is 1.49. The molecule has 0 spiro atoms. The van der Waals surface area contributed by atoms with Crippen molar-refractivity contribution in [1.29, 1.82) is 0 Å². The maximum absolute atomic E-state index is 13.2. The Kier molecular flexibility index (Phi) is 5.46. The van der Waals surface area contributed by atoms with E-state index in [2.05, 4.69) is 22.0 Å². The van der Waals surface area contributed by atoms with Crippen molar-refractivity contribution in [2.75, 3.05) is 13.1 Å². The van der Waals surface area contributed by atoms with Gasteiger partial charge < -0.3 is 9.42 Å². The second-order valence-corrected chi connectivity index (χ2v) is 7.17. The molecule has 0 aliphatic carbocycles. The second-order valence-electron chi connectivity index (χ2n) is 7.17. The van der Waals surface area contributed by atoms with Crippen LogP contribution in [0.3, 0.4) is 0 Å². The van der Waals surface area contributed by atoms with Crippen LogP contribution in [0.2, 0.25) is 0 Å². The Morgan fingerprint density at radius 2 is 2.04 bits per heavy atom. The smallest absolute Gasteiger partial charge is 0.276 e. The average molecular weight is 376 g/mol. The van der Waals surface area contributed by atoms with Crippen molar-refractivity contribution in [3.8, 4) is 11.6 Å². The summed E-state index contributed by atoms with van der Waals surface area (Å²) in [6.07, 6.45) is 4.38. The lowest BCUT2D eigenvalue weighted by Crippen LogP contribution is -2.41. The first-order chi connectivity index (χ1) is 13.8. The summed E-state index contributed by atoms with van der Waals surface area (Å²) >= 11 is 0. The van der Waals surface area contributed by atoms with Gasteiger partial charge >= 0.3 is 0 Å². The first-order valence-corrected chi connectivity index (χ1v) is 9.85. The van der Waals surface area contributed by atoms with E-state index in [1.165, 1.54) is 0 Å². The molecule has 1 aliphatic rings. The van der Waals surface area contributed by atoms with Gasteiger partial charge in [-0.2, -0.15) is 4.98 Å². The van der Waals surface area contributed by atoms with Crippen LogP contribution >= 0.6 is 0 Å². The van der Waals surface area contributed by atoms with Crippen molar-refractivity contribution in [3.05, 3.63) is 66.1 Å². The summed E-state index contributed by atoms with van der Waals surface area (Å²) in [6, 6.07) is 15.6. The molecule has 2 atom stereocenters. The van der Waals surface area contributed by atoms with Crippen LogP contribution in [0.15, 0.2) is 59.3 Å². The normalized spacial score (nSPS) is 18.0. The van der Waals surface area contributed by atoms with E-state index in [4.69, 9.17) is 4.52 Å². The molecule has 3 aromatic rings. The first-order valence-electron chi connectivity index (χ1n) is 9.85. The van der Waals surface area contributed by atoms with E-state index in [0.717, 1.165) is 31.4 Å². The fraction of sp³-hybridized carbons (Fsp3) is 0.364. The number of rotatable bonds is 5. The van der Waals surface area contributed by atoms with Crippen LogP contribution in [0.1, 0.15) is 49.4 Å². The molecule has 3 heterocycles. The SMILES string of the molecule is CC[C@H](C(=O)N1CCC[C@@H](c2noc(-c3ccccn3)n2)C1)c1ccccc1. The number of likely N-dealkylation sites (tertiary alicyclic amines) is 1. The van der Waals surface area contributed by atoms with Gasteiger partial charge in [0.25, 0.3) is 5.89 Å². The number of amides is 1. The molecule has 0 saturated carbocycles. The molecule has 0 bridgehead atoms. The molecule has 0 unspecified atom stereocenters. The van der Waals surface area contributed by atoms with E-state index in [-0.39, 0.29) is 17.7 Å². The van der Waals surface area contributed by atoms with Crippen LogP contribution in [0.25, 0.3) is 11.6 Å². The van der Waals surface area contributed by atoms with Crippen LogP contribution in [-0.2, 0) is 4.79 Å². The highest BCUT2D eigenvalue weighted by atomic mass is 16.5. The molecule has 6 nitrogen and oxygen atoms in total. The maximum Gasteiger partial charge on any atom is 0.276 e. The lowest BCUT2D eigenvalue weighted by atomic mass is 9.92. The van der Waals surface area contributed by atoms with Crippen molar-refractivity contribution in [3.63, 3.8) is 0 Å². The molecule has 1 fully saturated rings. The summed E-state index contributed by atoms with van der Waals surface area (Å²) in [5, 5.41) is 4.17. The van der Waals surface area contributed by atoms with E-state index >= 15 is 0 Å². The number of nitrogens with zero attached hydrogens (tertiary/aromatic N) is 4. The van der Waals surface area contributed by atoms with E-state index in [0.29, 0.717) is 24.0 Å². The molecule has 1 saturated heterocycles. The number of pyridine rings is 1. The molecule has 1 amide bonds. The Hall–Kier alpha value is -3.02. The van der Waals surface area contributed by atoms with Crippen molar-refractivity contribution in [2.45, 2.75) is 38.0 Å². The Labute approximate surface area is 164 Å². The molecule has 144 valence electrons. The van der Waals surface area contributed by atoms with Crippen LogP contribution in [0, 0.1) is 0 Å². The van der Waals surface area contributed by atoms with Crippen LogP contribution in [-0.4, -0.2) is 39.0 Å². The van der Waals surface area contributed by atoms with Gasteiger partial charge in [0.05, 0.1) is 5.92 Å².